The maximum absolute atomic E-state index is 5.73. The average Bonchev–Trinajstić information content (AvgIpc) is 2.29. The molecule has 0 aliphatic carbocycles. The van der Waals surface area contributed by atoms with Crippen molar-refractivity contribution in [3.05, 3.63) is 23.3 Å². The van der Waals surface area contributed by atoms with Crippen molar-refractivity contribution >= 4 is 11.8 Å². The molecule has 0 fully saturated rings. The van der Waals surface area contributed by atoms with E-state index >= 15 is 0 Å². The zero-order chi connectivity index (χ0) is 12.1. The first-order valence-corrected chi connectivity index (χ1v) is 6.52. The van der Waals surface area contributed by atoms with Gasteiger partial charge in [0.05, 0.1) is 7.11 Å². The second-order valence-corrected chi connectivity index (χ2v) is 5.31. The Morgan fingerprint density at radius 3 is 2.50 bits per heavy atom. The summed E-state index contributed by atoms with van der Waals surface area (Å²) in [4.78, 5) is 1.32. The normalized spacial score (nSPS) is 12.6. The first-order valence-electron chi connectivity index (χ1n) is 5.64. The van der Waals surface area contributed by atoms with E-state index in [4.69, 9.17) is 10.5 Å². The summed E-state index contributed by atoms with van der Waals surface area (Å²) >= 11 is 1.87. The number of thioether (sulfide) groups is 1. The third kappa shape index (κ3) is 3.16. The molecule has 0 bridgehead atoms. The number of hydrogen-bond donors (Lipinski definition) is 1. The molecule has 90 valence electrons. The molecule has 1 rings (SSSR count). The third-order valence-corrected chi connectivity index (χ3v) is 4.26. The number of methoxy groups -OCH3 is 1. The predicted octanol–water partition coefficient (Wildman–Crippen LogP) is 3.14. The van der Waals surface area contributed by atoms with Gasteiger partial charge in [0.1, 0.15) is 5.75 Å². The lowest BCUT2D eigenvalue weighted by Gasteiger charge is -2.15. The highest BCUT2D eigenvalue weighted by Gasteiger charge is 2.10. The minimum absolute atomic E-state index is 0.506. The van der Waals surface area contributed by atoms with E-state index in [1.807, 2.05) is 11.8 Å². The molecule has 0 spiro atoms. The highest BCUT2D eigenvalue weighted by molar-refractivity contribution is 8.00. The fraction of sp³-hybridized carbons (Fsp3) is 0.538. The SMILES string of the molecule is CCC(CN)Sc1cc(C)c(OC)cc1C. The number of benzene rings is 1. The van der Waals surface area contributed by atoms with E-state index in [0.29, 0.717) is 5.25 Å². The minimum atomic E-state index is 0.506. The van der Waals surface area contributed by atoms with Crippen LogP contribution in [-0.4, -0.2) is 18.9 Å². The topological polar surface area (TPSA) is 35.2 Å². The Balaban J connectivity index is 2.92. The lowest BCUT2D eigenvalue weighted by atomic mass is 10.1. The minimum Gasteiger partial charge on any atom is -0.496 e. The molecule has 1 unspecified atom stereocenters. The summed E-state index contributed by atoms with van der Waals surface area (Å²) in [7, 11) is 1.71. The molecule has 1 atom stereocenters. The van der Waals surface area contributed by atoms with Crippen molar-refractivity contribution in [3.8, 4) is 5.75 Å². The van der Waals surface area contributed by atoms with Crippen LogP contribution in [0.25, 0.3) is 0 Å². The van der Waals surface area contributed by atoms with Gasteiger partial charge in [-0.15, -0.1) is 11.8 Å². The van der Waals surface area contributed by atoms with Gasteiger partial charge in [-0.3, -0.25) is 0 Å². The number of aryl methyl sites for hydroxylation is 2. The number of rotatable bonds is 5. The molecule has 0 heterocycles. The Kier molecular flexibility index (Phi) is 5.16. The van der Waals surface area contributed by atoms with Gasteiger partial charge >= 0.3 is 0 Å². The van der Waals surface area contributed by atoms with Gasteiger partial charge in [-0.1, -0.05) is 6.92 Å². The second kappa shape index (κ2) is 6.16. The summed E-state index contributed by atoms with van der Waals surface area (Å²) in [6, 6.07) is 4.29. The van der Waals surface area contributed by atoms with Crippen LogP contribution in [0.5, 0.6) is 5.75 Å². The van der Waals surface area contributed by atoms with E-state index in [1.165, 1.54) is 16.0 Å². The Bertz CT molecular complexity index is 348. The van der Waals surface area contributed by atoms with Crippen LogP contribution in [-0.2, 0) is 0 Å². The maximum atomic E-state index is 5.73. The molecule has 0 aliphatic heterocycles. The van der Waals surface area contributed by atoms with Gasteiger partial charge in [0.2, 0.25) is 0 Å². The van der Waals surface area contributed by atoms with Gasteiger partial charge in [-0.05, 0) is 43.5 Å². The predicted molar refractivity (Wildman–Crippen MR) is 71.5 cm³/mol. The molecular weight excluding hydrogens is 218 g/mol. The van der Waals surface area contributed by atoms with Crippen LogP contribution in [0.15, 0.2) is 17.0 Å². The second-order valence-electron chi connectivity index (χ2n) is 3.97. The lowest BCUT2D eigenvalue weighted by Crippen LogP contribution is -2.15. The Morgan fingerprint density at radius 2 is 2.00 bits per heavy atom. The van der Waals surface area contributed by atoms with Crippen LogP contribution in [0.1, 0.15) is 24.5 Å². The Labute approximate surface area is 103 Å². The number of nitrogens with two attached hydrogens (primary N) is 1. The fourth-order valence-electron chi connectivity index (χ4n) is 1.59. The molecule has 3 heteroatoms. The monoisotopic (exact) mass is 239 g/mol. The summed E-state index contributed by atoms with van der Waals surface area (Å²) < 4.78 is 5.30. The Hall–Kier alpha value is -0.670. The van der Waals surface area contributed by atoms with E-state index < -0.39 is 0 Å². The average molecular weight is 239 g/mol. The molecule has 2 nitrogen and oxygen atoms in total. The zero-order valence-corrected chi connectivity index (χ0v) is 11.4. The summed E-state index contributed by atoms with van der Waals surface area (Å²) in [5, 5.41) is 0.506. The first kappa shape index (κ1) is 13.4. The molecule has 2 N–H and O–H groups in total. The van der Waals surface area contributed by atoms with E-state index in [-0.39, 0.29) is 0 Å². The molecule has 0 aliphatic rings. The molecule has 0 saturated carbocycles. The van der Waals surface area contributed by atoms with Gasteiger partial charge in [-0.25, -0.2) is 0 Å². The van der Waals surface area contributed by atoms with E-state index in [9.17, 15) is 0 Å². The van der Waals surface area contributed by atoms with Crippen molar-refractivity contribution in [2.75, 3.05) is 13.7 Å². The van der Waals surface area contributed by atoms with E-state index in [1.54, 1.807) is 7.11 Å². The van der Waals surface area contributed by atoms with Crippen LogP contribution in [0.2, 0.25) is 0 Å². The summed E-state index contributed by atoms with van der Waals surface area (Å²) in [5.74, 6) is 0.961. The van der Waals surface area contributed by atoms with Crippen molar-refractivity contribution in [3.63, 3.8) is 0 Å². The maximum Gasteiger partial charge on any atom is 0.122 e. The van der Waals surface area contributed by atoms with Crippen molar-refractivity contribution in [1.29, 1.82) is 0 Å². The van der Waals surface area contributed by atoms with E-state index in [2.05, 4.69) is 32.9 Å². The van der Waals surface area contributed by atoms with Crippen molar-refractivity contribution in [2.45, 2.75) is 37.3 Å². The van der Waals surface area contributed by atoms with Crippen LogP contribution in [0.3, 0.4) is 0 Å². The van der Waals surface area contributed by atoms with Crippen molar-refractivity contribution < 1.29 is 4.74 Å². The van der Waals surface area contributed by atoms with Gasteiger partial charge in [0.25, 0.3) is 0 Å². The van der Waals surface area contributed by atoms with Crippen molar-refractivity contribution in [2.24, 2.45) is 5.73 Å². The van der Waals surface area contributed by atoms with Crippen LogP contribution < -0.4 is 10.5 Å². The highest BCUT2D eigenvalue weighted by Crippen LogP contribution is 2.32. The highest BCUT2D eigenvalue weighted by atomic mass is 32.2. The summed E-state index contributed by atoms with van der Waals surface area (Å²) in [6.45, 7) is 7.10. The molecule has 0 amide bonds. The zero-order valence-electron chi connectivity index (χ0n) is 10.5. The molecular formula is C13H21NOS. The van der Waals surface area contributed by atoms with Gasteiger partial charge in [0.15, 0.2) is 0 Å². The van der Waals surface area contributed by atoms with Crippen LogP contribution in [0, 0.1) is 13.8 Å². The van der Waals surface area contributed by atoms with Gasteiger partial charge < -0.3 is 10.5 Å². The number of ether oxygens (including phenoxy) is 1. The number of hydrogen-bond acceptors (Lipinski definition) is 3. The van der Waals surface area contributed by atoms with Gasteiger partial charge in [-0.2, -0.15) is 0 Å². The quantitative estimate of drug-likeness (QED) is 0.802. The molecule has 1 aromatic carbocycles. The fourth-order valence-corrected chi connectivity index (χ4v) is 2.70. The van der Waals surface area contributed by atoms with Gasteiger partial charge in [0, 0.05) is 16.7 Å². The molecule has 0 radical (unpaired) electrons. The third-order valence-electron chi connectivity index (χ3n) is 2.70. The van der Waals surface area contributed by atoms with E-state index in [0.717, 1.165) is 18.7 Å². The largest absolute Gasteiger partial charge is 0.496 e. The molecule has 1 aromatic rings. The molecule has 0 aromatic heterocycles. The lowest BCUT2D eigenvalue weighted by molar-refractivity contribution is 0.411. The molecule has 16 heavy (non-hydrogen) atoms. The summed E-state index contributed by atoms with van der Waals surface area (Å²) in [6.07, 6.45) is 1.10. The van der Waals surface area contributed by atoms with Crippen LogP contribution in [0.4, 0.5) is 0 Å². The van der Waals surface area contributed by atoms with Crippen molar-refractivity contribution in [1.82, 2.24) is 0 Å². The standard InChI is InChI=1S/C13H21NOS/c1-5-11(8-14)16-13-7-9(2)12(15-4)6-10(13)3/h6-7,11H,5,8,14H2,1-4H3. The molecule has 0 saturated heterocycles. The van der Waals surface area contributed by atoms with Crippen LogP contribution >= 0.6 is 11.8 Å². The Morgan fingerprint density at radius 1 is 1.31 bits per heavy atom. The summed E-state index contributed by atoms with van der Waals surface area (Å²) in [5.41, 5.74) is 8.18. The smallest absolute Gasteiger partial charge is 0.122 e. The first-order chi connectivity index (χ1) is 7.62.